The molecule has 2 heteroatoms. The van der Waals surface area contributed by atoms with E-state index in [-0.39, 0.29) is 5.82 Å². The van der Waals surface area contributed by atoms with Crippen LogP contribution in [-0.4, -0.2) is 5.33 Å². The van der Waals surface area contributed by atoms with Crippen LogP contribution in [-0.2, 0) is 6.42 Å². The van der Waals surface area contributed by atoms with Gasteiger partial charge in [0.25, 0.3) is 0 Å². The first-order valence-corrected chi connectivity index (χ1v) is 6.98. The second-order valence-corrected chi connectivity index (χ2v) is 5.87. The van der Waals surface area contributed by atoms with Gasteiger partial charge in [-0.3, -0.25) is 0 Å². The smallest absolute Gasteiger partial charge is 0.123 e. The lowest BCUT2D eigenvalue weighted by atomic mass is 9.80. The standard InChI is InChI=1S/C14H18BrF/c1-10-7-13(16)6-3-11(10)8-14(2,9-15)12-4-5-12/h3,6-7,12H,4-5,8-9H2,1-2H3. The fourth-order valence-corrected chi connectivity index (χ4v) is 3.03. The molecule has 0 spiro atoms. The Morgan fingerprint density at radius 3 is 2.62 bits per heavy atom. The zero-order valence-electron chi connectivity index (χ0n) is 9.89. The van der Waals surface area contributed by atoms with Crippen LogP contribution in [0.4, 0.5) is 4.39 Å². The molecule has 0 heterocycles. The lowest BCUT2D eigenvalue weighted by molar-refractivity contribution is 0.318. The van der Waals surface area contributed by atoms with E-state index in [1.54, 1.807) is 12.1 Å². The summed E-state index contributed by atoms with van der Waals surface area (Å²) < 4.78 is 13.0. The Bertz CT molecular complexity index is 384. The van der Waals surface area contributed by atoms with E-state index in [0.29, 0.717) is 5.41 Å². The van der Waals surface area contributed by atoms with Crippen molar-refractivity contribution in [3.05, 3.63) is 35.1 Å². The number of rotatable bonds is 4. The first-order chi connectivity index (χ1) is 7.55. The third-order valence-electron chi connectivity index (χ3n) is 3.77. The van der Waals surface area contributed by atoms with Crippen LogP contribution in [0.25, 0.3) is 0 Å². The molecule has 1 fully saturated rings. The number of hydrogen-bond donors (Lipinski definition) is 0. The molecule has 0 N–H and O–H groups in total. The highest BCUT2D eigenvalue weighted by Crippen LogP contribution is 2.48. The van der Waals surface area contributed by atoms with Gasteiger partial charge in [-0.05, 0) is 60.8 Å². The minimum atomic E-state index is -0.131. The minimum Gasteiger partial charge on any atom is -0.207 e. The number of halogens is 2. The molecule has 0 bridgehead atoms. The quantitative estimate of drug-likeness (QED) is 0.715. The van der Waals surface area contributed by atoms with Gasteiger partial charge in [-0.25, -0.2) is 4.39 Å². The number of aryl methyl sites for hydroxylation is 1. The first kappa shape index (κ1) is 12.1. The predicted molar refractivity (Wildman–Crippen MR) is 69.5 cm³/mol. The summed E-state index contributed by atoms with van der Waals surface area (Å²) in [5.41, 5.74) is 2.70. The zero-order valence-corrected chi connectivity index (χ0v) is 11.5. The van der Waals surface area contributed by atoms with Gasteiger partial charge in [0.1, 0.15) is 5.82 Å². The summed E-state index contributed by atoms with van der Waals surface area (Å²) in [6.45, 7) is 4.34. The Labute approximate surface area is 105 Å². The lowest BCUT2D eigenvalue weighted by Gasteiger charge is -2.28. The summed E-state index contributed by atoms with van der Waals surface area (Å²) in [6.07, 6.45) is 3.75. The number of hydrogen-bond acceptors (Lipinski definition) is 0. The van der Waals surface area contributed by atoms with Crippen LogP contribution in [0.15, 0.2) is 18.2 Å². The van der Waals surface area contributed by atoms with Gasteiger partial charge in [0.05, 0.1) is 0 Å². The first-order valence-electron chi connectivity index (χ1n) is 5.86. The molecule has 16 heavy (non-hydrogen) atoms. The third kappa shape index (κ3) is 2.48. The van der Waals surface area contributed by atoms with Gasteiger partial charge in [-0.15, -0.1) is 0 Å². The maximum atomic E-state index is 13.0. The van der Waals surface area contributed by atoms with E-state index >= 15 is 0 Å². The van der Waals surface area contributed by atoms with Crippen LogP contribution < -0.4 is 0 Å². The molecule has 1 aliphatic rings. The van der Waals surface area contributed by atoms with Gasteiger partial charge in [-0.2, -0.15) is 0 Å². The van der Waals surface area contributed by atoms with Gasteiger partial charge in [0.2, 0.25) is 0 Å². The van der Waals surface area contributed by atoms with Crippen molar-refractivity contribution in [1.29, 1.82) is 0 Å². The van der Waals surface area contributed by atoms with Crippen molar-refractivity contribution >= 4 is 15.9 Å². The maximum absolute atomic E-state index is 13.0. The van der Waals surface area contributed by atoms with E-state index in [1.807, 2.05) is 13.0 Å². The van der Waals surface area contributed by atoms with Crippen molar-refractivity contribution in [3.8, 4) is 0 Å². The summed E-state index contributed by atoms with van der Waals surface area (Å²) in [5, 5.41) is 1.03. The Morgan fingerprint density at radius 1 is 1.44 bits per heavy atom. The van der Waals surface area contributed by atoms with E-state index in [4.69, 9.17) is 0 Å². The van der Waals surface area contributed by atoms with Crippen LogP contribution in [0.1, 0.15) is 30.9 Å². The largest absolute Gasteiger partial charge is 0.207 e. The zero-order chi connectivity index (χ0) is 11.8. The van der Waals surface area contributed by atoms with Gasteiger partial charge in [-0.1, -0.05) is 28.9 Å². The van der Waals surface area contributed by atoms with Crippen LogP contribution in [0.5, 0.6) is 0 Å². The number of alkyl halides is 1. The Kier molecular flexibility index (Phi) is 3.39. The highest BCUT2D eigenvalue weighted by atomic mass is 79.9. The molecule has 1 atom stereocenters. The second-order valence-electron chi connectivity index (χ2n) is 5.31. The van der Waals surface area contributed by atoms with Gasteiger partial charge in [0.15, 0.2) is 0 Å². The van der Waals surface area contributed by atoms with Crippen LogP contribution in [0.3, 0.4) is 0 Å². The summed E-state index contributed by atoms with van der Waals surface area (Å²) in [6, 6.07) is 5.15. The van der Waals surface area contributed by atoms with E-state index in [9.17, 15) is 4.39 Å². The molecule has 1 saturated carbocycles. The second kappa shape index (κ2) is 4.48. The molecule has 1 aromatic carbocycles. The summed E-state index contributed by atoms with van der Waals surface area (Å²) in [4.78, 5) is 0. The van der Waals surface area contributed by atoms with Gasteiger partial charge >= 0.3 is 0 Å². The topological polar surface area (TPSA) is 0 Å². The Morgan fingerprint density at radius 2 is 2.12 bits per heavy atom. The molecule has 1 aliphatic carbocycles. The molecule has 1 aromatic rings. The fraction of sp³-hybridized carbons (Fsp3) is 0.571. The number of benzene rings is 1. The molecule has 0 amide bonds. The predicted octanol–water partition coefficient (Wildman–Crippen LogP) is 4.49. The van der Waals surface area contributed by atoms with E-state index < -0.39 is 0 Å². The van der Waals surface area contributed by atoms with Gasteiger partial charge in [0, 0.05) is 5.33 Å². The molecular formula is C14H18BrF. The summed E-state index contributed by atoms with van der Waals surface area (Å²) >= 11 is 3.63. The lowest BCUT2D eigenvalue weighted by Crippen LogP contribution is -2.24. The highest BCUT2D eigenvalue weighted by Gasteiger charge is 2.40. The van der Waals surface area contributed by atoms with Crippen LogP contribution in [0, 0.1) is 24.1 Å². The van der Waals surface area contributed by atoms with E-state index in [0.717, 1.165) is 23.2 Å². The Hall–Kier alpha value is -0.370. The minimum absolute atomic E-state index is 0.131. The van der Waals surface area contributed by atoms with Gasteiger partial charge < -0.3 is 0 Å². The molecule has 1 unspecified atom stereocenters. The molecule has 88 valence electrons. The summed E-state index contributed by atoms with van der Waals surface area (Å²) in [5.74, 6) is 0.713. The molecule has 0 aliphatic heterocycles. The average molecular weight is 285 g/mol. The normalized spacial score (nSPS) is 19.5. The highest BCUT2D eigenvalue weighted by molar-refractivity contribution is 9.09. The van der Waals surface area contributed by atoms with Crippen molar-refractivity contribution in [2.45, 2.75) is 33.1 Å². The molecule has 0 aromatic heterocycles. The van der Waals surface area contributed by atoms with Crippen molar-refractivity contribution in [2.24, 2.45) is 11.3 Å². The van der Waals surface area contributed by atoms with Crippen molar-refractivity contribution in [1.82, 2.24) is 0 Å². The fourth-order valence-electron chi connectivity index (χ4n) is 2.37. The summed E-state index contributed by atoms with van der Waals surface area (Å²) in [7, 11) is 0. The molecule has 0 saturated heterocycles. The average Bonchev–Trinajstić information content (AvgIpc) is 3.06. The van der Waals surface area contributed by atoms with Crippen LogP contribution >= 0.6 is 15.9 Å². The molecule has 0 nitrogen and oxygen atoms in total. The molecular weight excluding hydrogens is 267 g/mol. The maximum Gasteiger partial charge on any atom is 0.123 e. The Balaban J connectivity index is 2.18. The monoisotopic (exact) mass is 284 g/mol. The molecule has 2 rings (SSSR count). The SMILES string of the molecule is Cc1cc(F)ccc1CC(C)(CBr)C1CC1. The van der Waals surface area contributed by atoms with Crippen LogP contribution in [0.2, 0.25) is 0 Å². The van der Waals surface area contributed by atoms with E-state index in [2.05, 4.69) is 22.9 Å². The van der Waals surface area contributed by atoms with Crippen molar-refractivity contribution in [3.63, 3.8) is 0 Å². The molecule has 0 radical (unpaired) electrons. The van der Waals surface area contributed by atoms with Crippen molar-refractivity contribution in [2.75, 3.05) is 5.33 Å². The van der Waals surface area contributed by atoms with E-state index in [1.165, 1.54) is 18.4 Å². The third-order valence-corrected chi connectivity index (χ3v) is 5.05. The van der Waals surface area contributed by atoms with Crippen molar-refractivity contribution < 1.29 is 4.39 Å².